The molecule has 2 aromatic carbocycles. The quantitative estimate of drug-likeness (QED) is 0.609. The third kappa shape index (κ3) is 7.31. The molecule has 0 aromatic heterocycles. The fourth-order valence-corrected chi connectivity index (χ4v) is 4.26. The Morgan fingerprint density at radius 2 is 1.89 bits per heavy atom. The number of piperazine rings is 1. The van der Waals surface area contributed by atoms with Crippen LogP contribution < -0.4 is 10.6 Å². The van der Waals surface area contributed by atoms with Gasteiger partial charge in [0.1, 0.15) is 6.04 Å². The zero-order valence-electron chi connectivity index (χ0n) is 20.4. The number of nitrogens with zero attached hydrogens (tertiary/aromatic N) is 3. The zero-order chi connectivity index (χ0) is 25.2. The topological polar surface area (TPSA) is 106 Å². The Morgan fingerprint density at radius 1 is 1.11 bits per heavy atom. The smallest absolute Gasteiger partial charge is 0.319 e. The van der Waals surface area contributed by atoms with Crippen molar-refractivity contribution < 1.29 is 14.4 Å². The number of carbonyl (C=O) groups excluding carboxylic acids is 3. The van der Waals surface area contributed by atoms with Crippen LogP contribution in [0.25, 0.3) is 0 Å². The molecule has 2 unspecified atom stereocenters. The molecule has 1 saturated heterocycles. The summed E-state index contributed by atoms with van der Waals surface area (Å²) in [6.45, 7) is 5.36. The van der Waals surface area contributed by atoms with Crippen LogP contribution in [0.5, 0.6) is 0 Å². The van der Waals surface area contributed by atoms with Gasteiger partial charge in [0.25, 0.3) is 0 Å². The highest BCUT2D eigenvalue weighted by molar-refractivity contribution is 5.94. The van der Waals surface area contributed by atoms with Crippen molar-refractivity contribution in [3.63, 3.8) is 0 Å². The Hall–Kier alpha value is -3.86. The summed E-state index contributed by atoms with van der Waals surface area (Å²) in [5.41, 5.74) is 1.83. The third-order valence-corrected chi connectivity index (χ3v) is 6.14. The van der Waals surface area contributed by atoms with Gasteiger partial charge in [-0.1, -0.05) is 49.7 Å². The zero-order valence-corrected chi connectivity index (χ0v) is 20.4. The van der Waals surface area contributed by atoms with Crippen molar-refractivity contribution in [2.24, 2.45) is 0 Å². The van der Waals surface area contributed by atoms with Crippen LogP contribution in [0.15, 0.2) is 54.6 Å². The molecular formula is C27H33N5O3. The second-order valence-corrected chi connectivity index (χ2v) is 8.86. The lowest BCUT2D eigenvalue weighted by atomic mass is 10.0. The summed E-state index contributed by atoms with van der Waals surface area (Å²) in [6.07, 6.45) is 2.70. The third-order valence-electron chi connectivity index (χ3n) is 6.14. The average Bonchev–Trinajstić information content (AvgIpc) is 2.87. The van der Waals surface area contributed by atoms with Gasteiger partial charge in [-0.05, 0) is 37.1 Å². The lowest BCUT2D eigenvalue weighted by Gasteiger charge is -2.41. The van der Waals surface area contributed by atoms with Gasteiger partial charge in [-0.3, -0.25) is 9.59 Å². The van der Waals surface area contributed by atoms with Crippen LogP contribution in [0.3, 0.4) is 0 Å². The molecule has 8 heteroatoms. The molecule has 0 radical (unpaired) electrons. The van der Waals surface area contributed by atoms with E-state index in [0.717, 1.165) is 18.4 Å². The van der Waals surface area contributed by atoms with Gasteiger partial charge >= 0.3 is 6.03 Å². The number of hydrogen-bond donors (Lipinski definition) is 2. The van der Waals surface area contributed by atoms with Gasteiger partial charge < -0.3 is 20.4 Å². The van der Waals surface area contributed by atoms with Crippen molar-refractivity contribution in [2.75, 3.05) is 25.0 Å². The minimum absolute atomic E-state index is 0.0861. The normalized spacial score (nSPS) is 16.2. The number of anilines is 1. The molecule has 0 saturated carbocycles. The van der Waals surface area contributed by atoms with Gasteiger partial charge in [-0.15, -0.1) is 0 Å². The Labute approximate surface area is 206 Å². The fraction of sp³-hybridized carbons (Fsp3) is 0.407. The number of unbranched alkanes of at least 4 members (excludes halogenated alkanes) is 1. The summed E-state index contributed by atoms with van der Waals surface area (Å²) in [5.74, 6) is -0.0494. The van der Waals surface area contributed by atoms with Crippen molar-refractivity contribution in [2.45, 2.75) is 51.6 Å². The van der Waals surface area contributed by atoms with Crippen LogP contribution >= 0.6 is 0 Å². The maximum Gasteiger partial charge on any atom is 0.319 e. The molecule has 2 N–H and O–H groups in total. The van der Waals surface area contributed by atoms with Crippen molar-refractivity contribution in [3.05, 3.63) is 65.7 Å². The minimum Gasteiger partial charge on any atom is -0.337 e. The van der Waals surface area contributed by atoms with E-state index in [4.69, 9.17) is 5.26 Å². The molecule has 184 valence electrons. The Balaban J connectivity index is 1.69. The van der Waals surface area contributed by atoms with E-state index in [0.29, 0.717) is 43.7 Å². The highest BCUT2D eigenvalue weighted by Crippen LogP contribution is 2.16. The van der Waals surface area contributed by atoms with E-state index in [9.17, 15) is 14.4 Å². The molecule has 1 aliphatic rings. The maximum absolute atomic E-state index is 13.5. The fourth-order valence-electron chi connectivity index (χ4n) is 4.26. The van der Waals surface area contributed by atoms with Crippen LogP contribution in [0.4, 0.5) is 10.5 Å². The van der Waals surface area contributed by atoms with Crippen LogP contribution in [-0.4, -0.2) is 59.4 Å². The van der Waals surface area contributed by atoms with Gasteiger partial charge in [0.05, 0.1) is 11.6 Å². The van der Waals surface area contributed by atoms with Crippen LogP contribution in [0.1, 0.15) is 44.2 Å². The van der Waals surface area contributed by atoms with Gasteiger partial charge in [0, 0.05) is 44.2 Å². The van der Waals surface area contributed by atoms with E-state index < -0.39 is 12.1 Å². The summed E-state index contributed by atoms with van der Waals surface area (Å²) in [5, 5.41) is 14.6. The van der Waals surface area contributed by atoms with E-state index >= 15 is 0 Å². The van der Waals surface area contributed by atoms with Crippen molar-refractivity contribution in [3.8, 4) is 6.07 Å². The molecule has 8 nitrogen and oxygen atoms in total. The molecule has 1 aliphatic heterocycles. The first-order chi connectivity index (χ1) is 16.9. The average molecular weight is 476 g/mol. The largest absolute Gasteiger partial charge is 0.337 e. The monoisotopic (exact) mass is 475 g/mol. The molecule has 35 heavy (non-hydrogen) atoms. The molecule has 0 spiro atoms. The van der Waals surface area contributed by atoms with Crippen LogP contribution in [0.2, 0.25) is 0 Å². The summed E-state index contributed by atoms with van der Waals surface area (Å²) in [6, 6.07) is 16.8. The second kappa shape index (κ2) is 12.6. The maximum atomic E-state index is 13.5. The predicted molar refractivity (Wildman–Crippen MR) is 135 cm³/mol. The minimum atomic E-state index is -0.772. The van der Waals surface area contributed by atoms with Gasteiger partial charge in [-0.25, -0.2) is 4.79 Å². The highest BCUT2D eigenvalue weighted by Gasteiger charge is 2.33. The van der Waals surface area contributed by atoms with Gasteiger partial charge in [-0.2, -0.15) is 5.26 Å². The van der Waals surface area contributed by atoms with Gasteiger partial charge in [0.15, 0.2) is 0 Å². The first-order valence-corrected chi connectivity index (χ1v) is 12.1. The predicted octanol–water partition coefficient (Wildman–Crippen LogP) is 3.54. The first kappa shape index (κ1) is 25.8. The Bertz CT molecular complexity index is 1070. The summed E-state index contributed by atoms with van der Waals surface area (Å²) >= 11 is 0. The summed E-state index contributed by atoms with van der Waals surface area (Å²) in [4.78, 5) is 42.4. The SMILES string of the molecule is CCCCC(=O)N1CCN(C(=O)C(Cc2ccccc2)NC(=O)Nc2cccc(C#N)c2)CC1C. The number of rotatable bonds is 8. The molecule has 1 fully saturated rings. The van der Waals surface area contributed by atoms with E-state index in [1.807, 2.05) is 48.2 Å². The van der Waals surface area contributed by atoms with Crippen molar-refractivity contribution in [1.82, 2.24) is 15.1 Å². The Kier molecular flexibility index (Phi) is 9.24. The Morgan fingerprint density at radius 3 is 2.57 bits per heavy atom. The first-order valence-electron chi connectivity index (χ1n) is 12.1. The summed E-state index contributed by atoms with van der Waals surface area (Å²) < 4.78 is 0. The lowest BCUT2D eigenvalue weighted by molar-refractivity contribution is -0.143. The molecule has 2 atom stereocenters. The van der Waals surface area contributed by atoms with Crippen molar-refractivity contribution >= 4 is 23.5 Å². The van der Waals surface area contributed by atoms with E-state index in [1.54, 1.807) is 29.2 Å². The second-order valence-electron chi connectivity index (χ2n) is 8.86. The number of amides is 4. The molecule has 0 bridgehead atoms. The van der Waals surface area contributed by atoms with E-state index in [-0.39, 0.29) is 17.9 Å². The molecule has 4 amide bonds. The highest BCUT2D eigenvalue weighted by atomic mass is 16.2. The molecule has 3 rings (SSSR count). The van der Waals surface area contributed by atoms with Gasteiger partial charge in [0.2, 0.25) is 11.8 Å². The number of carbonyl (C=O) groups is 3. The number of hydrogen-bond acceptors (Lipinski definition) is 4. The van der Waals surface area contributed by atoms with Crippen LogP contribution in [-0.2, 0) is 16.0 Å². The van der Waals surface area contributed by atoms with E-state index in [1.165, 1.54) is 0 Å². The number of benzene rings is 2. The molecule has 2 aromatic rings. The molecule has 1 heterocycles. The molecule has 0 aliphatic carbocycles. The molecular weight excluding hydrogens is 442 g/mol. The summed E-state index contributed by atoms with van der Waals surface area (Å²) in [7, 11) is 0. The van der Waals surface area contributed by atoms with Crippen LogP contribution in [0, 0.1) is 11.3 Å². The lowest BCUT2D eigenvalue weighted by Crippen LogP contribution is -2.59. The van der Waals surface area contributed by atoms with Crippen molar-refractivity contribution in [1.29, 1.82) is 5.26 Å². The standard InChI is InChI=1S/C27H33N5O3/c1-3-4-13-25(33)32-15-14-31(19-20(32)2)26(34)24(17-21-9-6-5-7-10-21)30-27(35)29-23-12-8-11-22(16-23)18-28/h5-12,16,20,24H,3-4,13-15,17,19H2,1-2H3,(H2,29,30,35). The van der Waals surface area contributed by atoms with E-state index in [2.05, 4.69) is 17.6 Å². The number of nitrogens with one attached hydrogen (secondary N) is 2. The number of urea groups is 1. The number of nitriles is 1.